The van der Waals surface area contributed by atoms with E-state index in [1.807, 2.05) is 30.3 Å². The summed E-state index contributed by atoms with van der Waals surface area (Å²) in [5.74, 6) is 0. The number of nitrogens with one attached hydrogen (secondary N) is 1. The fourth-order valence-corrected chi connectivity index (χ4v) is 3.38. The van der Waals surface area contributed by atoms with E-state index in [9.17, 15) is 18.3 Å². The molecular weight excluding hydrogens is 351 g/mol. The maximum atomic E-state index is 14.0. The Labute approximate surface area is 153 Å². The minimum Gasteiger partial charge on any atom is -0.372 e. The fourth-order valence-electron chi connectivity index (χ4n) is 3.38. The number of H-pyrrole nitrogens is 1. The van der Waals surface area contributed by atoms with Crippen LogP contribution in [0, 0.1) is 0 Å². The molecule has 0 amide bonds. The van der Waals surface area contributed by atoms with Gasteiger partial charge in [-0.15, -0.1) is 0 Å². The first-order chi connectivity index (χ1) is 12.9. The van der Waals surface area contributed by atoms with Crippen LogP contribution in [-0.2, 0) is 5.60 Å². The molecule has 4 rings (SSSR count). The Morgan fingerprint density at radius 3 is 1.96 bits per heavy atom. The highest BCUT2D eigenvalue weighted by molar-refractivity contribution is 5.84. The second-order valence-electron chi connectivity index (χ2n) is 6.40. The fraction of sp³-hybridized carbons (Fsp3) is 0.0909. The summed E-state index contributed by atoms with van der Waals surface area (Å²) in [6, 6.07) is 21.8. The molecule has 2 nitrogen and oxygen atoms in total. The molecule has 0 fully saturated rings. The Morgan fingerprint density at radius 2 is 1.30 bits per heavy atom. The molecule has 0 bridgehead atoms. The van der Waals surface area contributed by atoms with Crippen LogP contribution in [0.25, 0.3) is 22.0 Å². The molecule has 0 spiro atoms. The summed E-state index contributed by atoms with van der Waals surface area (Å²) in [6.45, 7) is 0. The van der Waals surface area contributed by atoms with Crippen LogP contribution in [-0.4, -0.2) is 16.3 Å². The van der Waals surface area contributed by atoms with Gasteiger partial charge in [-0.2, -0.15) is 13.2 Å². The molecule has 4 aromatic rings. The molecular formula is C22H16F3NO. The topological polar surface area (TPSA) is 36.0 Å². The normalized spacial score (nSPS) is 14.2. The zero-order valence-corrected chi connectivity index (χ0v) is 14.2. The minimum atomic E-state index is -4.88. The van der Waals surface area contributed by atoms with Gasteiger partial charge in [-0.25, -0.2) is 0 Å². The van der Waals surface area contributed by atoms with Crippen molar-refractivity contribution in [3.8, 4) is 11.1 Å². The summed E-state index contributed by atoms with van der Waals surface area (Å²) in [5, 5.41) is 11.2. The quantitative estimate of drug-likeness (QED) is 0.483. The first-order valence-electron chi connectivity index (χ1n) is 8.43. The summed E-state index contributed by atoms with van der Waals surface area (Å²) in [4.78, 5) is 2.81. The van der Waals surface area contributed by atoms with E-state index in [2.05, 4.69) is 4.98 Å². The van der Waals surface area contributed by atoms with Crippen molar-refractivity contribution < 1.29 is 18.3 Å². The van der Waals surface area contributed by atoms with Gasteiger partial charge in [0.15, 0.2) is 0 Å². The lowest BCUT2D eigenvalue weighted by Gasteiger charge is -2.31. The van der Waals surface area contributed by atoms with Gasteiger partial charge >= 0.3 is 6.18 Å². The molecule has 1 aromatic heterocycles. The molecule has 5 heteroatoms. The lowest BCUT2D eigenvalue weighted by Crippen LogP contribution is -2.43. The third kappa shape index (κ3) is 2.80. The number of fused-ring (bicyclic) bond motifs is 1. The SMILES string of the molecule is O[C@](c1ccc(-c2ccccc2)cc1)(c1c[nH]c2ccccc12)C(F)(F)F. The second-order valence-corrected chi connectivity index (χ2v) is 6.40. The van der Waals surface area contributed by atoms with Crippen LogP contribution in [0.3, 0.4) is 0 Å². The molecule has 0 saturated heterocycles. The Hall–Kier alpha value is -3.05. The van der Waals surface area contributed by atoms with E-state index < -0.39 is 11.8 Å². The zero-order chi connectivity index (χ0) is 19.1. The molecule has 0 aliphatic rings. The monoisotopic (exact) mass is 367 g/mol. The molecule has 0 aliphatic heterocycles. The van der Waals surface area contributed by atoms with E-state index in [1.54, 1.807) is 36.4 Å². The van der Waals surface area contributed by atoms with Gasteiger partial charge in [0, 0.05) is 22.7 Å². The van der Waals surface area contributed by atoms with Crippen molar-refractivity contribution in [2.24, 2.45) is 0 Å². The molecule has 1 atom stereocenters. The van der Waals surface area contributed by atoms with Gasteiger partial charge < -0.3 is 10.1 Å². The number of hydrogen-bond donors (Lipinski definition) is 2. The number of rotatable bonds is 3. The highest BCUT2D eigenvalue weighted by atomic mass is 19.4. The number of para-hydroxylation sites is 1. The lowest BCUT2D eigenvalue weighted by molar-refractivity contribution is -0.247. The number of halogens is 3. The van der Waals surface area contributed by atoms with Crippen LogP contribution in [0.2, 0.25) is 0 Å². The largest absolute Gasteiger partial charge is 0.425 e. The third-order valence-corrected chi connectivity index (χ3v) is 4.80. The van der Waals surface area contributed by atoms with Gasteiger partial charge in [-0.1, -0.05) is 72.8 Å². The van der Waals surface area contributed by atoms with E-state index in [4.69, 9.17) is 0 Å². The maximum absolute atomic E-state index is 14.0. The summed E-state index contributed by atoms with van der Waals surface area (Å²) in [7, 11) is 0. The standard InChI is InChI=1S/C22H16F3NO/c23-22(24,25)21(27,19-14-26-20-9-5-4-8-18(19)20)17-12-10-16(11-13-17)15-6-2-1-3-7-15/h1-14,26-27H/t21-/m1/s1. The number of benzene rings is 3. The average molecular weight is 367 g/mol. The number of alkyl halides is 3. The molecule has 27 heavy (non-hydrogen) atoms. The Kier molecular flexibility index (Phi) is 4.04. The molecule has 2 N–H and O–H groups in total. The van der Waals surface area contributed by atoms with Crippen LogP contribution >= 0.6 is 0 Å². The minimum absolute atomic E-state index is 0.210. The Bertz CT molecular complexity index is 1070. The summed E-state index contributed by atoms with van der Waals surface area (Å²) < 4.78 is 42.1. The maximum Gasteiger partial charge on any atom is 0.425 e. The molecule has 136 valence electrons. The highest BCUT2D eigenvalue weighted by Gasteiger charge is 2.57. The second kappa shape index (κ2) is 6.28. The molecule has 3 aromatic carbocycles. The predicted octanol–water partition coefficient (Wildman–Crippen LogP) is 5.63. The zero-order valence-electron chi connectivity index (χ0n) is 14.2. The number of hydrogen-bond acceptors (Lipinski definition) is 1. The van der Waals surface area contributed by atoms with Gasteiger partial charge in [0.05, 0.1) is 0 Å². The van der Waals surface area contributed by atoms with E-state index in [0.717, 1.165) is 11.1 Å². The van der Waals surface area contributed by atoms with Crippen molar-refractivity contribution in [2.45, 2.75) is 11.8 Å². The highest BCUT2D eigenvalue weighted by Crippen LogP contribution is 2.46. The van der Waals surface area contributed by atoms with Crippen molar-refractivity contribution in [2.75, 3.05) is 0 Å². The van der Waals surface area contributed by atoms with Crippen LogP contribution in [0.5, 0.6) is 0 Å². The van der Waals surface area contributed by atoms with Gasteiger partial charge in [0.25, 0.3) is 0 Å². The molecule has 0 unspecified atom stereocenters. The van der Waals surface area contributed by atoms with E-state index in [0.29, 0.717) is 10.9 Å². The van der Waals surface area contributed by atoms with Crippen LogP contribution in [0.1, 0.15) is 11.1 Å². The molecule has 0 aliphatic carbocycles. The van der Waals surface area contributed by atoms with Gasteiger partial charge in [0.1, 0.15) is 0 Å². The van der Waals surface area contributed by atoms with Crippen LogP contribution in [0.15, 0.2) is 85.1 Å². The van der Waals surface area contributed by atoms with E-state index in [1.165, 1.54) is 18.3 Å². The van der Waals surface area contributed by atoms with Crippen molar-refractivity contribution in [3.05, 3.63) is 96.2 Å². The smallest absolute Gasteiger partial charge is 0.372 e. The van der Waals surface area contributed by atoms with Gasteiger partial charge in [-0.3, -0.25) is 0 Å². The summed E-state index contributed by atoms with van der Waals surface area (Å²) in [5.41, 5.74) is -1.33. The van der Waals surface area contributed by atoms with Crippen molar-refractivity contribution in [3.63, 3.8) is 0 Å². The Morgan fingerprint density at radius 1 is 0.704 bits per heavy atom. The van der Waals surface area contributed by atoms with Crippen molar-refractivity contribution >= 4 is 10.9 Å². The third-order valence-electron chi connectivity index (χ3n) is 4.80. The van der Waals surface area contributed by atoms with E-state index in [-0.39, 0.29) is 11.1 Å². The first-order valence-corrected chi connectivity index (χ1v) is 8.43. The summed E-state index contributed by atoms with van der Waals surface area (Å²) >= 11 is 0. The lowest BCUT2D eigenvalue weighted by atomic mass is 9.84. The predicted molar refractivity (Wildman–Crippen MR) is 99.2 cm³/mol. The molecule has 1 heterocycles. The van der Waals surface area contributed by atoms with Crippen molar-refractivity contribution in [1.29, 1.82) is 0 Å². The van der Waals surface area contributed by atoms with Crippen LogP contribution in [0.4, 0.5) is 13.2 Å². The van der Waals surface area contributed by atoms with Crippen LogP contribution < -0.4 is 0 Å². The van der Waals surface area contributed by atoms with Gasteiger partial charge in [0.2, 0.25) is 5.60 Å². The van der Waals surface area contributed by atoms with Crippen molar-refractivity contribution in [1.82, 2.24) is 4.98 Å². The molecule has 0 radical (unpaired) electrons. The number of aliphatic hydroxyl groups is 1. The molecule has 0 saturated carbocycles. The average Bonchev–Trinajstić information content (AvgIpc) is 3.12. The Balaban J connectivity index is 1.86. The number of aromatic amines is 1. The first kappa shape index (κ1) is 17.4. The summed E-state index contributed by atoms with van der Waals surface area (Å²) in [6.07, 6.45) is -3.66. The van der Waals surface area contributed by atoms with Gasteiger partial charge in [-0.05, 0) is 22.8 Å². The number of aromatic nitrogens is 1. The van der Waals surface area contributed by atoms with E-state index >= 15 is 0 Å².